The molecule has 156 valence electrons. The van der Waals surface area contributed by atoms with Gasteiger partial charge in [0.15, 0.2) is 0 Å². The van der Waals surface area contributed by atoms with Gasteiger partial charge in [-0.3, -0.25) is 0 Å². The van der Waals surface area contributed by atoms with Crippen molar-refractivity contribution in [2.75, 3.05) is 0 Å². The Morgan fingerprint density at radius 3 is 2.64 bits per heavy atom. The first-order valence-corrected chi connectivity index (χ1v) is 12.0. The summed E-state index contributed by atoms with van der Waals surface area (Å²) in [5.74, 6) is 3.25. The fourth-order valence-electron chi connectivity index (χ4n) is 7.79. The van der Waals surface area contributed by atoms with Crippen LogP contribution in [0.5, 0.6) is 0 Å². The molecule has 7 atom stereocenters. The third kappa shape index (κ3) is 3.26. The van der Waals surface area contributed by atoms with Gasteiger partial charge in [0.2, 0.25) is 0 Å². The van der Waals surface area contributed by atoms with Crippen LogP contribution in [0.2, 0.25) is 0 Å². The lowest BCUT2D eigenvalue weighted by atomic mass is 9.50. The van der Waals surface area contributed by atoms with E-state index in [4.69, 9.17) is 0 Å². The summed E-state index contributed by atoms with van der Waals surface area (Å²) in [7, 11) is 0. The molecule has 0 amide bonds. The van der Waals surface area contributed by atoms with Gasteiger partial charge in [0.05, 0.1) is 6.10 Å². The summed E-state index contributed by atoms with van der Waals surface area (Å²) < 4.78 is 0. The number of allylic oxidation sites excluding steroid dienone is 5. The van der Waals surface area contributed by atoms with Crippen LogP contribution in [0.15, 0.2) is 34.9 Å². The molecule has 0 bridgehead atoms. The van der Waals surface area contributed by atoms with Crippen molar-refractivity contribution in [2.45, 2.75) is 98.5 Å². The Morgan fingerprint density at radius 2 is 1.89 bits per heavy atom. The highest BCUT2D eigenvalue weighted by Gasteiger charge is 2.56. The number of fused-ring (bicyclic) bond motifs is 5. The summed E-state index contributed by atoms with van der Waals surface area (Å²) in [5.41, 5.74) is 5.60. The van der Waals surface area contributed by atoms with E-state index in [-0.39, 0.29) is 6.10 Å². The van der Waals surface area contributed by atoms with Gasteiger partial charge in [-0.05, 0) is 106 Å². The Bertz CT molecular complexity index is 693. The Hall–Kier alpha value is -0.820. The average Bonchev–Trinajstić information content (AvgIpc) is 2.99. The lowest BCUT2D eigenvalue weighted by Crippen LogP contribution is -2.46. The first-order valence-electron chi connectivity index (χ1n) is 12.0. The Labute approximate surface area is 173 Å². The highest BCUT2D eigenvalue weighted by molar-refractivity contribution is 5.38. The van der Waals surface area contributed by atoms with E-state index < -0.39 is 0 Å². The van der Waals surface area contributed by atoms with Crippen LogP contribution in [0.25, 0.3) is 0 Å². The van der Waals surface area contributed by atoms with Gasteiger partial charge >= 0.3 is 0 Å². The highest BCUT2D eigenvalue weighted by atomic mass is 16.3. The first kappa shape index (κ1) is 20.5. The predicted molar refractivity (Wildman–Crippen MR) is 119 cm³/mol. The molecule has 3 saturated carbocycles. The third-order valence-corrected chi connectivity index (χ3v) is 9.48. The van der Waals surface area contributed by atoms with Crippen molar-refractivity contribution < 1.29 is 5.11 Å². The van der Waals surface area contributed by atoms with E-state index in [2.05, 4.69) is 52.8 Å². The van der Waals surface area contributed by atoms with Crippen molar-refractivity contribution in [2.24, 2.45) is 34.5 Å². The molecule has 0 aromatic carbocycles. The molecule has 4 aliphatic carbocycles. The molecule has 28 heavy (non-hydrogen) atoms. The van der Waals surface area contributed by atoms with E-state index in [1.165, 1.54) is 56.1 Å². The first-order chi connectivity index (χ1) is 13.3. The van der Waals surface area contributed by atoms with Crippen molar-refractivity contribution in [3.63, 3.8) is 0 Å². The van der Waals surface area contributed by atoms with Crippen LogP contribution in [0, 0.1) is 34.5 Å². The Kier molecular flexibility index (Phi) is 5.45. The van der Waals surface area contributed by atoms with Crippen LogP contribution in [0.1, 0.15) is 92.4 Å². The van der Waals surface area contributed by atoms with Crippen molar-refractivity contribution >= 4 is 0 Å². The van der Waals surface area contributed by atoms with Crippen LogP contribution >= 0.6 is 0 Å². The van der Waals surface area contributed by atoms with Crippen LogP contribution in [0.4, 0.5) is 0 Å². The Balaban J connectivity index is 1.55. The van der Waals surface area contributed by atoms with Gasteiger partial charge in [-0.15, -0.1) is 0 Å². The van der Waals surface area contributed by atoms with Crippen LogP contribution in [0.3, 0.4) is 0 Å². The molecule has 0 radical (unpaired) electrons. The van der Waals surface area contributed by atoms with Gasteiger partial charge in [0.1, 0.15) is 0 Å². The quantitative estimate of drug-likeness (QED) is 0.508. The molecule has 0 aromatic rings. The number of hydrogen-bond donors (Lipinski definition) is 1. The SMILES string of the molecule is CC(C)=CCC[C@@H](C)C1CC[C@H]2C3=CC=C4CC(O)CC[C@]4(C)[C@H]3CCC12C. The highest BCUT2D eigenvalue weighted by Crippen LogP contribution is 2.66. The lowest BCUT2D eigenvalue weighted by Gasteiger charge is -2.55. The van der Waals surface area contributed by atoms with Crippen LogP contribution in [-0.2, 0) is 0 Å². The zero-order valence-corrected chi connectivity index (χ0v) is 18.9. The van der Waals surface area contributed by atoms with Gasteiger partial charge in [0.25, 0.3) is 0 Å². The molecule has 1 nitrogen and oxygen atoms in total. The molecule has 1 N–H and O–H groups in total. The fraction of sp³-hybridized carbons (Fsp3) is 0.778. The second-order valence-corrected chi connectivity index (χ2v) is 11.3. The van der Waals surface area contributed by atoms with Gasteiger partial charge < -0.3 is 5.11 Å². The monoisotopic (exact) mass is 382 g/mol. The molecule has 4 aliphatic rings. The van der Waals surface area contributed by atoms with Crippen LogP contribution < -0.4 is 0 Å². The summed E-state index contributed by atoms with van der Waals surface area (Å²) >= 11 is 0. The largest absolute Gasteiger partial charge is 0.393 e. The molecule has 3 fully saturated rings. The van der Waals surface area contributed by atoms with Crippen molar-refractivity contribution in [3.8, 4) is 0 Å². The van der Waals surface area contributed by atoms with Crippen molar-refractivity contribution in [1.82, 2.24) is 0 Å². The summed E-state index contributed by atoms with van der Waals surface area (Å²) in [4.78, 5) is 0. The van der Waals surface area contributed by atoms with E-state index in [0.29, 0.717) is 10.8 Å². The van der Waals surface area contributed by atoms with E-state index in [0.717, 1.165) is 36.5 Å². The molecule has 0 saturated heterocycles. The molecule has 0 heterocycles. The summed E-state index contributed by atoms with van der Waals surface area (Å²) in [6.07, 6.45) is 18.5. The third-order valence-electron chi connectivity index (χ3n) is 9.48. The molecule has 1 heteroatoms. The van der Waals surface area contributed by atoms with Gasteiger partial charge in [0, 0.05) is 0 Å². The standard InChI is InChI=1S/C27H42O/c1-18(2)7-6-8-19(3)23-11-12-24-22-10-9-20-17-21(28)13-15-26(20,4)25(22)14-16-27(23,24)5/h7,9-10,19,21,23-25,28H,6,8,11-17H2,1-5H3/t19-,21?,23?,24+,25+,26+,27?/m1/s1. The summed E-state index contributed by atoms with van der Waals surface area (Å²) in [6.45, 7) is 12.1. The molecule has 4 rings (SSSR count). The second kappa shape index (κ2) is 7.46. The topological polar surface area (TPSA) is 20.2 Å². The minimum Gasteiger partial charge on any atom is -0.393 e. The number of aliphatic hydroxyl groups is 1. The minimum absolute atomic E-state index is 0.111. The maximum Gasteiger partial charge on any atom is 0.0578 e. The lowest BCUT2D eigenvalue weighted by molar-refractivity contribution is 0.0328. The molecule has 0 aromatic heterocycles. The van der Waals surface area contributed by atoms with Gasteiger partial charge in [-0.25, -0.2) is 0 Å². The smallest absolute Gasteiger partial charge is 0.0578 e. The maximum absolute atomic E-state index is 10.2. The molecular weight excluding hydrogens is 340 g/mol. The number of aliphatic hydroxyl groups excluding tert-OH is 1. The number of rotatable bonds is 4. The zero-order valence-electron chi connectivity index (χ0n) is 18.9. The molecule has 0 spiro atoms. The van der Waals surface area contributed by atoms with Crippen molar-refractivity contribution in [1.29, 1.82) is 0 Å². The van der Waals surface area contributed by atoms with E-state index in [1.807, 2.05) is 0 Å². The van der Waals surface area contributed by atoms with Gasteiger partial charge in [-0.2, -0.15) is 0 Å². The molecular formula is C27H42O. The van der Waals surface area contributed by atoms with Crippen LogP contribution in [-0.4, -0.2) is 11.2 Å². The fourth-order valence-corrected chi connectivity index (χ4v) is 7.79. The summed E-state index contributed by atoms with van der Waals surface area (Å²) in [5, 5.41) is 10.2. The molecule has 0 aliphatic heterocycles. The van der Waals surface area contributed by atoms with E-state index in [9.17, 15) is 5.11 Å². The Morgan fingerprint density at radius 1 is 1.11 bits per heavy atom. The normalized spacial score (nSPS) is 43.2. The predicted octanol–water partition coefficient (Wildman–Crippen LogP) is 7.23. The maximum atomic E-state index is 10.2. The van der Waals surface area contributed by atoms with Crippen molar-refractivity contribution in [3.05, 3.63) is 34.9 Å². The van der Waals surface area contributed by atoms with E-state index in [1.54, 1.807) is 5.57 Å². The molecule has 3 unspecified atom stereocenters. The van der Waals surface area contributed by atoms with E-state index >= 15 is 0 Å². The van der Waals surface area contributed by atoms with Gasteiger partial charge in [-0.1, -0.05) is 55.7 Å². The minimum atomic E-state index is -0.111. The number of hydrogen-bond acceptors (Lipinski definition) is 1. The summed E-state index contributed by atoms with van der Waals surface area (Å²) in [6, 6.07) is 0. The zero-order chi connectivity index (χ0) is 20.1. The average molecular weight is 383 g/mol. The second-order valence-electron chi connectivity index (χ2n) is 11.3.